The largest absolute Gasteiger partial charge is 0.573 e. The number of benzene rings is 1. The lowest BCUT2D eigenvalue weighted by Gasteiger charge is -2.09. The van der Waals surface area contributed by atoms with Crippen LogP contribution >= 0.6 is 11.3 Å². The first kappa shape index (κ1) is 19.2. The molecule has 0 spiro atoms. The molecule has 1 aliphatic rings. The minimum absolute atomic E-state index is 0.0432. The molecule has 2 aromatic rings. The lowest BCUT2D eigenvalue weighted by Crippen LogP contribution is -2.24. The van der Waals surface area contributed by atoms with Crippen LogP contribution in [0.25, 0.3) is 0 Å². The molecule has 1 heterocycles. The summed E-state index contributed by atoms with van der Waals surface area (Å²) in [4.78, 5) is 27.9. The maximum absolute atomic E-state index is 12.1. The number of aromatic nitrogens is 1. The van der Waals surface area contributed by atoms with Crippen LogP contribution in [0, 0.1) is 5.92 Å². The van der Waals surface area contributed by atoms with E-state index in [9.17, 15) is 22.8 Å². The number of nitrogens with zero attached hydrogens (tertiary/aromatic N) is 1. The molecule has 27 heavy (non-hydrogen) atoms. The molecule has 1 aromatic carbocycles. The lowest BCUT2D eigenvalue weighted by molar-refractivity contribution is -0.274. The van der Waals surface area contributed by atoms with E-state index in [2.05, 4.69) is 20.4 Å². The van der Waals surface area contributed by atoms with Gasteiger partial charge in [0.25, 0.3) is 0 Å². The Balaban J connectivity index is 1.44. The Morgan fingerprint density at radius 1 is 1.22 bits per heavy atom. The highest BCUT2D eigenvalue weighted by molar-refractivity contribution is 7.13. The second-order valence-corrected chi connectivity index (χ2v) is 6.91. The molecule has 0 saturated heterocycles. The van der Waals surface area contributed by atoms with E-state index in [1.54, 1.807) is 5.38 Å². The minimum Gasteiger partial charge on any atom is -0.406 e. The van der Waals surface area contributed by atoms with Crippen LogP contribution in [0.2, 0.25) is 0 Å². The standard InChI is InChI=1S/C17H16F3N3O3S/c18-17(19,20)26-13-5-1-10(2-6-13)8-21-14(24)7-12-9-27-16(22-12)23-15(25)11-3-4-11/h1-2,5-6,9,11H,3-4,7-8H2,(H,21,24)(H,22,23,25). The Kier molecular flexibility index (Phi) is 5.64. The highest BCUT2D eigenvalue weighted by atomic mass is 32.1. The smallest absolute Gasteiger partial charge is 0.406 e. The molecular weight excluding hydrogens is 383 g/mol. The fraction of sp³-hybridized carbons (Fsp3) is 0.353. The van der Waals surface area contributed by atoms with Crippen molar-refractivity contribution in [2.75, 3.05) is 5.32 Å². The fourth-order valence-electron chi connectivity index (χ4n) is 2.24. The van der Waals surface area contributed by atoms with Gasteiger partial charge in [0, 0.05) is 17.8 Å². The monoisotopic (exact) mass is 399 g/mol. The summed E-state index contributed by atoms with van der Waals surface area (Å²) in [6.07, 6.45) is -2.89. The third-order valence-electron chi connectivity index (χ3n) is 3.72. The van der Waals surface area contributed by atoms with Gasteiger partial charge in [-0.15, -0.1) is 24.5 Å². The molecule has 0 atom stereocenters. The third kappa shape index (κ3) is 6.24. The average molecular weight is 399 g/mol. The maximum atomic E-state index is 12.1. The van der Waals surface area contributed by atoms with Crippen LogP contribution < -0.4 is 15.4 Å². The van der Waals surface area contributed by atoms with E-state index >= 15 is 0 Å². The van der Waals surface area contributed by atoms with Crippen molar-refractivity contribution in [1.29, 1.82) is 0 Å². The Morgan fingerprint density at radius 2 is 1.93 bits per heavy atom. The van der Waals surface area contributed by atoms with E-state index in [1.165, 1.54) is 35.6 Å². The number of rotatable bonds is 7. The number of hydrogen-bond donors (Lipinski definition) is 2. The van der Waals surface area contributed by atoms with E-state index in [-0.39, 0.29) is 36.4 Å². The molecule has 3 rings (SSSR count). The van der Waals surface area contributed by atoms with Crippen molar-refractivity contribution in [2.45, 2.75) is 32.2 Å². The van der Waals surface area contributed by atoms with Gasteiger partial charge in [-0.25, -0.2) is 4.98 Å². The van der Waals surface area contributed by atoms with E-state index < -0.39 is 6.36 Å². The zero-order valence-electron chi connectivity index (χ0n) is 14.0. The molecule has 10 heteroatoms. The number of anilines is 1. The normalized spacial score (nSPS) is 13.9. The summed E-state index contributed by atoms with van der Waals surface area (Å²) >= 11 is 1.26. The van der Waals surface area contributed by atoms with Crippen LogP contribution in [-0.4, -0.2) is 23.2 Å². The molecule has 2 N–H and O–H groups in total. The molecule has 6 nitrogen and oxygen atoms in total. The van der Waals surface area contributed by atoms with E-state index in [1.807, 2.05) is 0 Å². The maximum Gasteiger partial charge on any atom is 0.573 e. The molecule has 0 aliphatic heterocycles. The topological polar surface area (TPSA) is 80.3 Å². The van der Waals surface area contributed by atoms with Gasteiger partial charge in [-0.1, -0.05) is 12.1 Å². The highest BCUT2D eigenvalue weighted by Crippen LogP contribution is 2.30. The van der Waals surface area contributed by atoms with Crippen LogP contribution in [0.5, 0.6) is 5.75 Å². The van der Waals surface area contributed by atoms with Crippen LogP contribution in [0.1, 0.15) is 24.1 Å². The van der Waals surface area contributed by atoms with Crippen molar-refractivity contribution in [3.05, 3.63) is 40.9 Å². The van der Waals surface area contributed by atoms with Gasteiger partial charge in [0.2, 0.25) is 11.8 Å². The number of thiazole rings is 1. The first-order valence-electron chi connectivity index (χ1n) is 8.15. The number of halogens is 3. The van der Waals surface area contributed by atoms with Crippen molar-refractivity contribution in [3.8, 4) is 5.75 Å². The van der Waals surface area contributed by atoms with Gasteiger partial charge in [-0.3, -0.25) is 9.59 Å². The first-order chi connectivity index (χ1) is 12.8. The van der Waals surface area contributed by atoms with Gasteiger partial charge < -0.3 is 15.4 Å². The van der Waals surface area contributed by atoms with Crippen molar-refractivity contribution in [1.82, 2.24) is 10.3 Å². The van der Waals surface area contributed by atoms with Crippen molar-refractivity contribution in [2.24, 2.45) is 5.92 Å². The second kappa shape index (κ2) is 7.95. The lowest BCUT2D eigenvalue weighted by atomic mass is 10.2. The molecule has 144 valence electrons. The van der Waals surface area contributed by atoms with Crippen molar-refractivity contribution >= 4 is 28.3 Å². The quantitative estimate of drug-likeness (QED) is 0.749. The summed E-state index contributed by atoms with van der Waals surface area (Å²) in [6, 6.07) is 5.25. The Labute approximate surface area is 156 Å². The summed E-state index contributed by atoms with van der Waals surface area (Å²) in [5, 5.41) is 7.56. The van der Waals surface area contributed by atoms with Crippen molar-refractivity contribution < 1.29 is 27.5 Å². The molecule has 1 aromatic heterocycles. The zero-order valence-corrected chi connectivity index (χ0v) is 14.8. The van der Waals surface area contributed by atoms with Crippen molar-refractivity contribution in [3.63, 3.8) is 0 Å². The molecular formula is C17H16F3N3O3S. The predicted octanol–water partition coefficient (Wildman–Crippen LogP) is 3.25. The number of amides is 2. The fourth-order valence-corrected chi connectivity index (χ4v) is 2.95. The van der Waals surface area contributed by atoms with Gasteiger partial charge in [-0.2, -0.15) is 0 Å². The zero-order chi connectivity index (χ0) is 19.4. The Morgan fingerprint density at radius 3 is 2.56 bits per heavy atom. The summed E-state index contributed by atoms with van der Waals surface area (Å²) in [5.41, 5.74) is 1.17. The SMILES string of the molecule is O=C(Cc1csc(NC(=O)C2CC2)n1)NCc1ccc(OC(F)(F)F)cc1. The molecule has 1 fully saturated rings. The summed E-state index contributed by atoms with van der Waals surface area (Å²) in [5.74, 6) is -0.566. The van der Waals surface area contributed by atoms with Gasteiger partial charge >= 0.3 is 6.36 Å². The Bertz CT molecular complexity index is 817. The molecule has 1 saturated carbocycles. The van der Waals surface area contributed by atoms with Gasteiger partial charge in [0.15, 0.2) is 5.13 Å². The number of carbonyl (C=O) groups is 2. The summed E-state index contributed by atoms with van der Waals surface area (Å²) in [7, 11) is 0. The van der Waals surface area contributed by atoms with Crippen LogP contribution in [0.3, 0.4) is 0 Å². The number of carbonyl (C=O) groups excluding carboxylic acids is 2. The highest BCUT2D eigenvalue weighted by Gasteiger charge is 2.31. The number of nitrogens with one attached hydrogen (secondary N) is 2. The van der Waals surface area contributed by atoms with Gasteiger partial charge in [-0.05, 0) is 30.5 Å². The summed E-state index contributed by atoms with van der Waals surface area (Å²) in [6.45, 7) is 0.167. The van der Waals surface area contributed by atoms with E-state index in [0.29, 0.717) is 16.4 Å². The number of hydrogen-bond acceptors (Lipinski definition) is 5. The first-order valence-corrected chi connectivity index (χ1v) is 9.03. The van der Waals surface area contributed by atoms with Gasteiger partial charge in [0.05, 0.1) is 12.1 Å². The minimum atomic E-state index is -4.74. The number of alkyl halides is 3. The third-order valence-corrected chi connectivity index (χ3v) is 4.52. The number of ether oxygens (including phenoxy) is 1. The van der Waals surface area contributed by atoms with Crippen LogP contribution in [0.4, 0.5) is 18.3 Å². The predicted molar refractivity (Wildman–Crippen MR) is 92.1 cm³/mol. The molecule has 1 aliphatic carbocycles. The van der Waals surface area contributed by atoms with Crippen LogP contribution in [0.15, 0.2) is 29.6 Å². The van der Waals surface area contributed by atoms with Crippen LogP contribution in [-0.2, 0) is 22.6 Å². The summed E-state index contributed by atoms with van der Waals surface area (Å²) < 4.78 is 40.1. The molecule has 0 unspecified atom stereocenters. The van der Waals surface area contributed by atoms with E-state index in [4.69, 9.17) is 0 Å². The second-order valence-electron chi connectivity index (χ2n) is 6.05. The van der Waals surface area contributed by atoms with Gasteiger partial charge in [0.1, 0.15) is 5.75 Å². The molecule has 0 bridgehead atoms. The van der Waals surface area contributed by atoms with E-state index in [0.717, 1.165) is 12.8 Å². The Hall–Kier alpha value is -2.62. The molecule has 2 amide bonds. The molecule has 0 radical (unpaired) electrons. The average Bonchev–Trinajstić information content (AvgIpc) is 3.35.